The summed E-state index contributed by atoms with van der Waals surface area (Å²) in [6, 6.07) is 2.98. The van der Waals surface area contributed by atoms with Crippen LogP contribution in [0.1, 0.15) is 27.7 Å². The highest BCUT2D eigenvalue weighted by Gasteiger charge is 2.14. The van der Waals surface area contributed by atoms with E-state index in [2.05, 4.69) is 4.90 Å². The summed E-state index contributed by atoms with van der Waals surface area (Å²) in [5.41, 5.74) is 7.12. The lowest BCUT2D eigenvalue weighted by molar-refractivity contribution is 0.154. The third-order valence-corrected chi connectivity index (χ3v) is 2.88. The van der Waals surface area contributed by atoms with Crippen LogP contribution in [0.5, 0.6) is 5.75 Å². The molecule has 0 fully saturated rings. The molecule has 1 aromatic carbocycles. The topological polar surface area (TPSA) is 47.7 Å². The van der Waals surface area contributed by atoms with E-state index < -0.39 is 5.82 Å². The Morgan fingerprint density at radius 1 is 1.30 bits per heavy atom. The monoisotopic (exact) mass is 284 g/mol. The van der Waals surface area contributed by atoms with Gasteiger partial charge in [-0.25, -0.2) is 4.39 Å². The van der Waals surface area contributed by atoms with Crippen molar-refractivity contribution in [3.8, 4) is 5.75 Å². The Balaban J connectivity index is 2.95. The first-order valence-corrected chi connectivity index (χ1v) is 7.07. The second kappa shape index (κ2) is 7.94. The first kappa shape index (κ1) is 16.6. The minimum Gasteiger partial charge on any atom is -0.488 e. The van der Waals surface area contributed by atoms with Gasteiger partial charge >= 0.3 is 0 Å². The zero-order chi connectivity index (χ0) is 15.1. The van der Waals surface area contributed by atoms with E-state index in [-0.39, 0.29) is 11.9 Å². The summed E-state index contributed by atoms with van der Waals surface area (Å²) in [5.74, 6) is -0.195. The van der Waals surface area contributed by atoms with Crippen molar-refractivity contribution in [1.82, 2.24) is 0 Å². The maximum absolute atomic E-state index is 13.8. The number of hydrogen-bond acceptors (Lipinski definition) is 4. The molecule has 0 amide bonds. The van der Waals surface area contributed by atoms with Crippen LogP contribution >= 0.6 is 0 Å². The number of ether oxygens (including phenoxy) is 2. The predicted octanol–water partition coefficient (Wildman–Crippen LogP) is 3.06. The number of nitrogens with two attached hydrogens (primary N) is 1. The maximum atomic E-state index is 13.8. The molecule has 0 bridgehead atoms. The molecular formula is C15H25FN2O2. The summed E-state index contributed by atoms with van der Waals surface area (Å²) in [6.45, 7) is 10.5. The fraction of sp³-hybridized carbons (Fsp3) is 0.600. The molecule has 2 N–H and O–H groups in total. The minimum absolute atomic E-state index is 0.0838. The van der Waals surface area contributed by atoms with Crippen molar-refractivity contribution in [1.29, 1.82) is 0 Å². The lowest BCUT2D eigenvalue weighted by Gasteiger charge is -2.25. The molecule has 4 nitrogen and oxygen atoms in total. The Morgan fingerprint density at radius 2 is 2.00 bits per heavy atom. The van der Waals surface area contributed by atoms with Gasteiger partial charge in [-0.3, -0.25) is 0 Å². The molecule has 20 heavy (non-hydrogen) atoms. The van der Waals surface area contributed by atoms with Crippen LogP contribution in [0.4, 0.5) is 15.8 Å². The minimum atomic E-state index is -0.430. The fourth-order valence-electron chi connectivity index (χ4n) is 1.94. The summed E-state index contributed by atoms with van der Waals surface area (Å²) in [6.07, 6.45) is -0.0838. The zero-order valence-corrected chi connectivity index (χ0v) is 12.8. The van der Waals surface area contributed by atoms with Gasteiger partial charge in [0.1, 0.15) is 0 Å². The molecular weight excluding hydrogens is 259 g/mol. The first-order valence-electron chi connectivity index (χ1n) is 7.07. The summed E-state index contributed by atoms with van der Waals surface area (Å²) >= 11 is 0. The largest absolute Gasteiger partial charge is 0.488 e. The van der Waals surface area contributed by atoms with Crippen LogP contribution in [0, 0.1) is 5.82 Å². The van der Waals surface area contributed by atoms with Crippen molar-refractivity contribution in [3.05, 3.63) is 17.9 Å². The molecule has 0 aliphatic rings. The van der Waals surface area contributed by atoms with Gasteiger partial charge in [-0.1, -0.05) is 0 Å². The van der Waals surface area contributed by atoms with E-state index >= 15 is 0 Å². The van der Waals surface area contributed by atoms with Gasteiger partial charge in [-0.05, 0) is 27.7 Å². The lowest BCUT2D eigenvalue weighted by Crippen LogP contribution is -2.28. The molecule has 0 spiro atoms. The molecule has 0 aliphatic carbocycles. The van der Waals surface area contributed by atoms with Crippen molar-refractivity contribution in [2.45, 2.75) is 33.8 Å². The summed E-state index contributed by atoms with van der Waals surface area (Å²) < 4.78 is 24.6. The quantitative estimate of drug-likeness (QED) is 0.589. The van der Waals surface area contributed by atoms with Crippen molar-refractivity contribution < 1.29 is 13.9 Å². The van der Waals surface area contributed by atoms with Crippen LogP contribution in [0.3, 0.4) is 0 Å². The van der Waals surface area contributed by atoms with E-state index in [1.807, 2.05) is 27.7 Å². The van der Waals surface area contributed by atoms with Crippen LogP contribution in [0.2, 0.25) is 0 Å². The molecule has 1 aromatic rings. The van der Waals surface area contributed by atoms with Crippen molar-refractivity contribution in [2.75, 3.05) is 36.9 Å². The molecule has 0 atom stereocenters. The summed E-state index contributed by atoms with van der Waals surface area (Å²) in [5, 5.41) is 0. The zero-order valence-electron chi connectivity index (χ0n) is 12.8. The van der Waals surface area contributed by atoms with Crippen LogP contribution < -0.4 is 15.4 Å². The standard InChI is InChI=1S/C15H25FN2O2/c1-5-18(7-8-19-6-2)14-10-15(20-11(3)4)12(16)9-13(14)17/h9-11H,5-8,17H2,1-4H3. The molecule has 0 radical (unpaired) electrons. The van der Waals surface area contributed by atoms with Gasteiger partial charge < -0.3 is 20.1 Å². The number of benzene rings is 1. The SMILES string of the molecule is CCOCCN(CC)c1cc(OC(C)C)c(F)cc1N. The van der Waals surface area contributed by atoms with Gasteiger partial charge in [0.05, 0.1) is 24.1 Å². The van der Waals surface area contributed by atoms with E-state index in [4.69, 9.17) is 15.2 Å². The number of halogens is 1. The second-order valence-corrected chi connectivity index (χ2v) is 4.78. The van der Waals surface area contributed by atoms with Gasteiger partial charge in [0.25, 0.3) is 0 Å². The molecule has 0 unspecified atom stereocenters. The highest BCUT2D eigenvalue weighted by molar-refractivity contribution is 5.70. The van der Waals surface area contributed by atoms with Crippen LogP contribution in [-0.2, 0) is 4.74 Å². The van der Waals surface area contributed by atoms with E-state index in [0.29, 0.717) is 25.4 Å². The molecule has 0 heterocycles. The molecule has 114 valence electrons. The number of nitrogen functional groups attached to an aromatic ring is 1. The number of anilines is 2. The van der Waals surface area contributed by atoms with Gasteiger partial charge in [0, 0.05) is 31.8 Å². The average molecular weight is 284 g/mol. The smallest absolute Gasteiger partial charge is 0.167 e. The Kier molecular flexibility index (Phi) is 6.58. The van der Waals surface area contributed by atoms with E-state index in [9.17, 15) is 4.39 Å². The van der Waals surface area contributed by atoms with E-state index in [1.165, 1.54) is 6.07 Å². The van der Waals surface area contributed by atoms with E-state index in [0.717, 1.165) is 12.2 Å². The first-order chi connectivity index (χ1) is 9.49. The van der Waals surface area contributed by atoms with Crippen LogP contribution in [-0.4, -0.2) is 32.4 Å². The van der Waals surface area contributed by atoms with Gasteiger partial charge in [-0.15, -0.1) is 0 Å². The fourth-order valence-corrected chi connectivity index (χ4v) is 1.94. The second-order valence-electron chi connectivity index (χ2n) is 4.78. The summed E-state index contributed by atoms with van der Waals surface area (Å²) in [7, 11) is 0. The lowest BCUT2D eigenvalue weighted by atomic mass is 10.2. The Hall–Kier alpha value is -1.49. The van der Waals surface area contributed by atoms with Crippen LogP contribution in [0.25, 0.3) is 0 Å². The Bertz CT molecular complexity index is 425. The predicted molar refractivity (Wildman–Crippen MR) is 81.0 cm³/mol. The van der Waals surface area contributed by atoms with Gasteiger partial charge in [0.2, 0.25) is 0 Å². The highest BCUT2D eigenvalue weighted by atomic mass is 19.1. The highest BCUT2D eigenvalue weighted by Crippen LogP contribution is 2.31. The third-order valence-electron chi connectivity index (χ3n) is 2.88. The van der Waals surface area contributed by atoms with Crippen molar-refractivity contribution >= 4 is 11.4 Å². The Labute approximate surface area is 120 Å². The van der Waals surface area contributed by atoms with Gasteiger partial charge in [0.15, 0.2) is 11.6 Å². The third kappa shape index (κ3) is 4.56. The van der Waals surface area contributed by atoms with Crippen LogP contribution in [0.15, 0.2) is 12.1 Å². The van der Waals surface area contributed by atoms with Crippen molar-refractivity contribution in [2.24, 2.45) is 0 Å². The average Bonchev–Trinajstić information content (AvgIpc) is 2.38. The summed E-state index contributed by atoms with van der Waals surface area (Å²) in [4.78, 5) is 2.05. The molecule has 1 rings (SSSR count). The maximum Gasteiger partial charge on any atom is 0.167 e. The number of nitrogens with zero attached hydrogens (tertiary/aromatic N) is 1. The molecule has 0 aliphatic heterocycles. The molecule has 0 saturated heterocycles. The number of hydrogen-bond donors (Lipinski definition) is 1. The molecule has 0 aromatic heterocycles. The molecule has 0 saturated carbocycles. The van der Waals surface area contributed by atoms with E-state index in [1.54, 1.807) is 6.07 Å². The normalized spacial score (nSPS) is 10.9. The van der Waals surface area contributed by atoms with Crippen molar-refractivity contribution in [3.63, 3.8) is 0 Å². The molecule has 5 heteroatoms. The Morgan fingerprint density at radius 3 is 2.55 bits per heavy atom. The number of likely N-dealkylation sites (N-methyl/N-ethyl adjacent to an activating group) is 1. The van der Waals surface area contributed by atoms with Gasteiger partial charge in [-0.2, -0.15) is 0 Å². The number of rotatable bonds is 8.